The number of benzene rings is 1. The van der Waals surface area contributed by atoms with Gasteiger partial charge in [-0.25, -0.2) is 0 Å². The van der Waals surface area contributed by atoms with Crippen LogP contribution in [-0.4, -0.2) is 35.1 Å². The lowest BCUT2D eigenvalue weighted by molar-refractivity contribution is -0.141. The van der Waals surface area contributed by atoms with Crippen molar-refractivity contribution in [2.75, 3.05) is 13.1 Å². The highest BCUT2D eigenvalue weighted by Crippen LogP contribution is 2.20. The van der Waals surface area contributed by atoms with Crippen molar-refractivity contribution in [3.63, 3.8) is 0 Å². The summed E-state index contributed by atoms with van der Waals surface area (Å²) in [6, 6.07) is 10.8. The number of rotatable bonds is 4. The second-order valence-corrected chi connectivity index (χ2v) is 4.86. The first-order chi connectivity index (χ1) is 8.16. The zero-order valence-electron chi connectivity index (χ0n) is 10.2. The topological polar surface area (TPSA) is 40.5 Å². The van der Waals surface area contributed by atoms with Crippen LogP contribution in [0.15, 0.2) is 30.3 Å². The summed E-state index contributed by atoms with van der Waals surface area (Å²) in [5, 5.41) is 8.98. The Hall–Kier alpha value is -1.35. The largest absolute Gasteiger partial charge is 0.481 e. The Balaban J connectivity index is 1.89. The van der Waals surface area contributed by atoms with Gasteiger partial charge in [-0.1, -0.05) is 30.3 Å². The predicted molar refractivity (Wildman–Crippen MR) is 66.9 cm³/mol. The van der Waals surface area contributed by atoms with E-state index in [4.69, 9.17) is 5.11 Å². The summed E-state index contributed by atoms with van der Waals surface area (Å²) in [5.41, 5.74) is 1.32. The van der Waals surface area contributed by atoms with Crippen molar-refractivity contribution in [1.29, 1.82) is 0 Å². The van der Waals surface area contributed by atoms with Gasteiger partial charge < -0.3 is 5.11 Å². The van der Waals surface area contributed by atoms with Gasteiger partial charge in [0, 0.05) is 12.6 Å². The molecule has 17 heavy (non-hydrogen) atoms. The maximum absolute atomic E-state index is 10.9. The lowest BCUT2D eigenvalue weighted by Crippen LogP contribution is -2.33. The number of aliphatic carboxylic acids is 1. The van der Waals surface area contributed by atoms with E-state index in [1.807, 2.05) is 18.2 Å². The molecule has 1 saturated heterocycles. The molecule has 1 aromatic rings. The van der Waals surface area contributed by atoms with Gasteiger partial charge in [-0.05, 0) is 31.9 Å². The fourth-order valence-corrected chi connectivity index (χ4v) is 2.47. The number of nitrogens with zero attached hydrogens (tertiary/aromatic N) is 1. The lowest BCUT2D eigenvalue weighted by Gasteiger charge is -2.24. The highest BCUT2D eigenvalue weighted by molar-refractivity contribution is 5.70. The van der Waals surface area contributed by atoms with E-state index < -0.39 is 5.97 Å². The van der Waals surface area contributed by atoms with Gasteiger partial charge in [-0.3, -0.25) is 9.69 Å². The van der Waals surface area contributed by atoms with Gasteiger partial charge in [0.25, 0.3) is 0 Å². The Morgan fingerprint density at radius 1 is 1.47 bits per heavy atom. The maximum atomic E-state index is 10.9. The summed E-state index contributed by atoms with van der Waals surface area (Å²) in [6.45, 7) is 3.78. The van der Waals surface area contributed by atoms with Crippen LogP contribution >= 0.6 is 0 Å². The Morgan fingerprint density at radius 3 is 2.76 bits per heavy atom. The molecule has 0 aliphatic carbocycles. The molecule has 2 atom stereocenters. The molecule has 92 valence electrons. The number of hydrogen-bond acceptors (Lipinski definition) is 2. The van der Waals surface area contributed by atoms with Crippen molar-refractivity contribution < 1.29 is 9.90 Å². The first-order valence-electron chi connectivity index (χ1n) is 6.17. The van der Waals surface area contributed by atoms with Crippen molar-refractivity contribution >= 4 is 5.97 Å². The van der Waals surface area contributed by atoms with Crippen LogP contribution in [0.3, 0.4) is 0 Å². The normalized spacial score (nSPS) is 22.5. The van der Waals surface area contributed by atoms with E-state index >= 15 is 0 Å². The van der Waals surface area contributed by atoms with Gasteiger partial charge in [0.05, 0.1) is 5.92 Å². The molecule has 1 aliphatic rings. The Bertz CT molecular complexity index is 377. The van der Waals surface area contributed by atoms with Crippen molar-refractivity contribution in [1.82, 2.24) is 4.90 Å². The Kier molecular flexibility index (Phi) is 3.79. The van der Waals surface area contributed by atoms with Gasteiger partial charge in [0.15, 0.2) is 0 Å². The van der Waals surface area contributed by atoms with E-state index in [2.05, 4.69) is 24.0 Å². The molecule has 1 N–H and O–H groups in total. The van der Waals surface area contributed by atoms with Crippen LogP contribution in [0, 0.1) is 5.92 Å². The highest BCUT2D eigenvalue weighted by atomic mass is 16.4. The molecular formula is C14H19NO2. The maximum Gasteiger partial charge on any atom is 0.307 e. The smallest absolute Gasteiger partial charge is 0.307 e. The molecule has 1 heterocycles. The molecular weight excluding hydrogens is 214 g/mol. The van der Waals surface area contributed by atoms with E-state index in [0.29, 0.717) is 12.6 Å². The van der Waals surface area contributed by atoms with E-state index in [-0.39, 0.29) is 5.92 Å². The first kappa shape index (κ1) is 12.1. The molecule has 0 unspecified atom stereocenters. The first-order valence-corrected chi connectivity index (χ1v) is 6.17. The van der Waals surface area contributed by atoms with Crippen molar-refractivity contribution in [3.05, 3.63) is 35.9 Å². The molecule has 1 fully saturated rings. The molecule has 0 aromatic heterocycles. The second kappa shape index (κ2) is 5.32. The third kappa shape index (κ3) is 3.07. The molecule has 0 amide bonds. The molecule has 2 rings (SSSR count). The van der Waals surface area contributed by atoms with Gasteiger partial charge in [-0.15, -0.1) is 0 Å². The number of hydrogen-bond donors (Lipinski definition) is 1. The second-order valence-electron chi connectivity index (χ2n) is 4.86. The monoisotopic (exact) mass is 233 g/mol. The van der Waals surface area contributed by atoms with Gasteiger partial charge in [0.2, 0.25) is 0 Å². The lowest BCUT2D eigenvalue weighted by atomic mass is 10.1. The molecule has 0 radical (unpaired) electrons. The average Bonchev–Trinajstić information content (AvgIpc) is 2.79. The van der Waals surface area contributed by atoms with Crippen molar-refractivity contribution in [3.8, 4) is 0 Å². The minimum absolute atomic E-state index is 0.173. The minimum atomic E-state index is -0.653. The SMILES string of the molecule is C[C@@H](Cc1ccccc1)N1CC[C@@H](C(=O)O)C1. The van der Waals surface area contributed by atoms with E-state index in [1.54, 1.807) is 0 Å². The summed E-state index contributed by atoms with van der Waals surface area (Å²) in [6.07, 6.45) is 1.78. The standard InChI is InChI=1S/C14H19NO2/c1-11(9-12-5-3-2-4-6-12)15-8-7-13(10-15)14(16)17/h2-6,11,13H,7-10H2,1H3,(H,16,17)/t11-,13+/m0/s1. The number of carbonyl (C=O) groups is 1. The zero-order valence-corrected chi connectivity index (χ0v) is 10.2. The zero-order chi connectivity index (χ0) is 12.3. The molecule has 0 spiro atoms. The van der Waals surface area contributed by atoms with Gasteiger partial charge >= 0.3 is 5.97 Å². The molecule has 3 nitrogen and oxygen atoms in total. The van der Waals surface area contributed by atoms with E-state index in [0.717, 1.165) is 19.4 Å². The average molecular weight is 233 g/mol. The van der Waals surface area contributed by atoms with Crippen LogP contribution < -0.4 is 0 Å². The molecule has 1 aliphatic heterocycles. The molecule has 0 bridgehead atoms. The molecule has 0 saturated carbocycles. The van der Waals surface area contributed by atoms with Crippen molar-refractivity contribution in [2.45, 2.75) is 25.8 Å². The Morgan fingerprint density at radius 2 is 2.18 bits per heavy atom. The minimum Gasteiger partial charge on any atom is -0.481 e. The van der Waals surface area contributed by atoms with Crippen LogP contribution in [0.1, 0.15) is 18.9 Å². The number of carboxylic acids is 1. The molecule has 1 aromatic carbocycles. The summed E-state index contributed by atoms with van der Waals surface area (Å²) in [7, 11) is 0. The fraction of sp³-hybridized carbons (Fsp3) is 0.500. The fourth-order valence-electron chi connectivity index (χ4n) is 2.47. The van der Waals surface area contributed by atoms with Gasteiger partial charge in [0.1, 0.15) is 0 Å². The van der Waals surface area contributed by atoms with Gasteiger partial charge in [-0.2, -0.15) is 0 Å². The summed E-state index contributed by atoms with van der Waals surface area (Å²) >= 11 is 0. The van der Waals surface area contributed by atoms with Crippen LogP contribution in [0.25, 0.3) is 0 Å². The summed E-state index contributed by atoms with van der Waals surface area (Å²) in [4.78, 5) is 13.2. The molecule has 3 heteroatoms. The number of likely N-dealkylation sites (tertiary alicyclic amines) is 1. The predicted octanol–water partition coefficient (Wildman–Crippen LogP) is 2.02. The van der Waals surface area contributed by atoms with Crippen LogP contribution in [0.2, 0.25) is 0 Å². The number of carboxylic acid groups (broad SMARTS) is 1. The van der Waals surface area contributed by atoms with E-state index in [9.17, 15) is 4.79 Å². The summed E-state index contributed by atoms with van der Waals surface area (Å²) in [5.74, 6) is -0.826. The summed E-state index contributed by atoms with van der Waals surface area (Å²) < 4.78 is 0. The quantitative estimate of drug-likeness (QED) is 0.865. The van der Waals surface area contributed by atoms with Crippen LogP contribution in [0.4, 0.5) is 0 Å². The third-order valence-electron chi connectivity index (χ3n) is 3.57. The van der Waals surface area contributed by atoms with Crippen molar-refractivity contribution in [2.24, 2.45) is 5.92 Å². The highest BCUT2D eigenvalue weighted by Gasteiger charge is 2.30. The van der Waals surface area contributed by atoms with Crippen LogP contribution in [0.5, 0.6) is 0 Å². The van der Waals surface area contributed by atoms with E-state index in [1.165, 1.54) is 5.56 Å². The van der Waals surface area contributed by atoms with Crippen LogP contribution in [-0.2, 0) is 11.2 Å². The Labute approximate surface area is 102 Å². The third-order valence-corrected chi connectivity index (χ3v) is 3.57.